The summed E-state index contributed by atoms with van der Waals surface area (Å²) in [5.74, 6) is 0.171. The van der Waals surface area contributed by atoms with Gasteiger partial charge in [0.15, 0.2) is 0 Å². The molecule has 0 spiro atoms. The number of aryl methyl sites for hydroxylation is 1. The van der Waals surface area contributed by atoms with Crippen molar-refractivity contribution in [1.29, 1.82) is 0 Å². The second-order valence-corrected chi connectivity index (χ2v) is 7.44. The van der Waals surface area contributed by atoms with E-state index in [9.17, 15) is 14.3 Å². The Kier molecular flexibility index (Phi) is 6.26. The van der Waals surface area contributed by atoms with E-state index < -0.39 is 17.8 Å². The SMILES string of the molecule is Cc1ccc(CC(Nc2ncc(-c3ccccc3F)nc2Cc2ccccc2)C(=O)O)o1. The zero-order valence-electron chi connectivity index (χ0n) is 17.5. The lowest BCUT2D eigenvalue weighted by Gasteiger charge is -2.17. The van der Waals surface area contributed by atoms with Crippen LogP contribution in [0.1, 0.15) is 22.8 Å². The summed E-state index contributed by atoms with van der Waals surface area (Å²) in [4.78, 5) is 21.0. The van der Waals surface area contributed by atoms with E-state index in [2.05, 4.69) is 15.3 Å². The molecule has 32 heavy (non-hydrogen) atoms. The summed E-state index contributed by atoms with van der Waals surface area (Å²) < 4.78 is 19.9. The fourth-order valence-corrected chi connectivity index (χ4v) is 3.42. The first-order valence-corrected chi connectivity index (χ1v) is 10.2. The van der Waals surface area contributed by atoms with Gasteiger partial charge in [-0.15, -0.1) is 0 Å². The number of carboxylic acid groups (broad SMARTS) is 1. The topological polar surface area (TPSA) is 88.2 Å². The van der Waals surface area contributed by atoms with Crippen LogP contribution in [0.15, 0.2) is 77.3 Å². The van der Waals surface area contributed by atoms with Crippen molar-refractivity contribution >= 4 is 11.8 Å². The van der Waals surface area contributed by atoms with Gasteiger partial charge >= 0.3 is 5.97 Å². The molecule has 2 N–H and O–H groups in total. The molecule has 0 aliphatic carbocycles. The Morgan fingerprint density at radius 2 is 1.84 bits per heavy atom. The van der Waals surface area contributed by atoms with Crippen LogP contribution in [0.5, 0.6) is 0 Å². The van der Waals surface area contributed by atoms with E-state index in [0.29, 0.717) is 40.7 Å². The predicted molar refractivity (Wildman–Crippen MR) is 119 cm³/mol. The first-order valence-electron chi connectivity index (χ1n) is 10.2. The number of aliphatic carboxylic acids is 1. The molecule has 0 bridgehead atoms. The Morgan fingerprint density at radius 3 is 2.53 bits per heavy atom. The van der Waals surface area contributed by atoms with Crippen LogP contribution >= 0.6 is 0 Å². The van der Waals surface area contributed by atoms with Crippen molar-refractivity contribution in [2.75, 3.05) is 5.32 Å². The number of anilines is 1. The highest BCUT2D eigenvalue weighted by atomic mass is 19.1. The third-order valence-corrected chi connectivity index (χ3v) is 5.02. The molecule has 1 atom stereocenters. The molecule has 0 amide bonds. The predicted octanol–water partition coefficient (Wildman–Crippen LogP) is 4.88. The first-order chi connectivity index (χ1) is 15.5. The maximum Gasteiger partial charge on any atom is 0.326 e. The lowest BCUT2D eigenvalue weighted by molar-refractivity contribution is -0.138. The van der Waals surface area contributed by atoms with Crippen LogP contribution < -0.4 is 5.32 Å². The van der Waals surface area contributed by atoms with Crippen LogP contribution in [0, 0.1) is 12.7 Å². The molecule has 6 nitrogen and oxygen atoms in total. The van der Waals surface area contributed by atoms with Crippen LogP contribution in [0.25, 0.3) is 11.3 Å². The monoisotopic (exact) mass is 431 g/mol. The minimum absolute atomic E-state index is 0.144. The van der Waals surface area contributed by atoms with E-state index >= 15 is 0 Å². The van der Waals surface area contributed by atoms with E-state index in [4.69, 9.17) is 4.42 Å². The van der Waals surface area contributed by atoms with Gasteiger partial charge in [0, 0.05) is 18.4 Å². The molecular formula is C25H22FN3O3. The van der Waals surface area contributed by atoms with Gasteiger partial charge in [-0.25, -0.2) is 19.2 Å². The molecule has 0 aliphatic heterocycles. The number of halogens is 1. The fourth-order valence-electron chi connectivity index (χ4n) is 3.42. The molecule has 0 saturated heterocycles. The minimum atomic E-state index is -1.04. The van der Waals surface area contributed by atoms with Crippen molar-refractivity contribution in [2.45, 2.75) is 25.8 Å². The highest BCUT2D eigenvalue weighted by Gasteiger charge is 2.22. The summed E-state index contributed by atoms with van der Waals surface area (Å²) >= 11 is 0. The molecule has 0 saturated carbocycles. The maximum absolute atomic E-state index is 14.3. The zero-order chi connectivity index (χ0) is 22.5. The lowest BCUT2D eigenvalue weighted by Crippen LogP contribution is -2.32. The van der Waals surface area contributed by atoms with Gasteiger partial charge in [0.25, 0.3) is 0 Å². The van der Waals surface area contributed by atoms with E-state index in [1.54, 1.807) is 37.3 Å². The Bertz CT molecular complexity index is 1220. The fraction of sp³-hybridized carbons (Fsp3) is 0.160. The van der Waals surface area contributed by atoms with Gasteiger partial charge in [-0.1, -0.05) is 42.5 Å². The highest BCUT2D eigenvalue weighted by Crippen LogP contribution is 2.24. The Morgan fingerprint density at radius 1 is 1.09 bits per heavy atom. The standard InChI is InChI=1S/C25H22FN3O3/c1-16-11-12-18(32-16)14-22(25(30)31)29-24-21(13-17-7-3-2-4-8-17)28-23(15-27-24)19-9-5-6-10-20(19)26/h2-12,15,22H,13-14H2,1H3,(H,27,29)(H,30,31). The van der Waals surface area contributed by atoms with E-state index in [-0.39, 0.29) is 6.42 Å². The maximum atomic E-state index is 14.3. The molecule has 4 aromatic rings. The highest BCUT2D eigenvalue weighted by molar-refractivity contribution is 5.77. The number of benzene rings is 2. The van der Waals surface area contributed by atoms with Crippen molar-refractivity contribution < 1.29 is 18.7 Å². The van der Waals surface area contributed by atoms with Crippen molar-refractivity contribution in [1.82, 2.24) is 9.97 Å². The molecule has 0 radical (unpaired) electrons. The number of hydrogen-bond donors (Lipinski definition) is 2. The smallest absolute Gasteiger partial charge is 0.326 e. The van der Waals surface area contributed by atoms with E-state index in [0.717, 1.165) is 5.56 Å². The minimum Gasteiger partial charge on any atom is -0.480 e. The lowest BCUT2D eigenvalue weighted by atomic mass is 10.1. The molecule has 2 aromatic carbocycles. The Labute approximate surface area is 184 Å². The summed E-state index contributed by atoms with van der Waals surface area (Å²) in [6.45, 7) is 1.80. The molecule has 0 aliphatic rings. The van der Waals surface area contributed by atoms with Crippen molar-refractivity contribution in [3.05, 3.63) is 102 Å². The average Bonchev–Trinajstić information content (AvgIpc) is 3.20. The van der Waals surface area contributed by atoms with Crippen LogP contribution in [-0.4, -0.2) is 27.1 Å². The zero-order valence-corrected chi connectivity index (χ0v) is 17.5. The van der Waals surface area contributed by atoms with Crippen molar-refractivity contribution in [2.24, 2.45) is 0 Å². The molecule has 2 aromatic heterocycles. The van der Waals surface area contributed by atoms with E-state index in [1.807, 2.05) is 30.3 Å². The number of carbonyl (C=O) groups is 1. The summed E-state index contributed by atoms with van der Waals surface area (Å²) in [6, 6.07) is 18.6. The normalized spacial score (nSPS) is 11.8. The van der Waals surface area contributed by atoms with Gasteiger partial charge in [0.1, 0.15) is 29.2 Å². The number of furan rings is 1. The quantitative estimate of drug-likeness (QED) is 0.413. The number of rotatable bonds is 8. The van der Waals surface area contributed by atoms with Crippen molar-refractivity contribution in [3.8, 4) is 11.3 Å². The van der Waals surface area contributed by atoms with Gasteiger partial charge < -0.3 is 14.8 Å². The van der Waals surface area contributed by atoms with Gasteiger partial charge in [-0.05, 0) is 36.8 Å². The van der Waals surface area contributed by atoms with Crippen LogP contribution in [0.4, 0.5) is 10.2 Å². The third-order valence-electron chi connectivity index (χ3n) is 5.02. The molecular weight excluding hydrogens is 409 g/mol. The van der Waals surface area contributed by atoms with Crippen molar-refractivity contribution in [3.63, 3.8) is 0 Å². The number of carboxylic acids is 1. The third kappa shape index (κ3) is 5.00. The molecule has 0 fully saturated rings. The van der Waals surface area contributed by atoms with Crippen LogP contribution in [0.2, 0.25) is 0 Å². The second-order valence-electron chi connectivity index (χ2n) is 7.44. The van der Waals surface area contributed by atoms with Gasteiger partial charge in [-0.2, -0.15) is 0 Å². The van der Waals surface area contributed by atoms with Gasteiger partial charge in [-0.3, -0.25) is 0 Å². The number of nitrogens with one attached hydrogen (secondary N) is 1. The number of hydrogen-bond acceptors (Lipinski definition) is 5. The summed E-state index contributed by atoms with van der Waals surface area (Å²) in [6.07, 6.45) is 2.00. The first kappa shape index (κ1) is 21.2. The summed E-state index contributed by atoms with van der Waals surface area (Å²) in [7, 11) is 0. The largest absolute Gasteiger partial charge is 0.480 e. The summed E-state index contributed by atoms with van der Waals surface area (Å²) in [5, 5.41) is 12.7. The molecule has 4 rings (SSSR count). The van der Waals surface area contributed by atoms with Gasteiger partial charge in [0.2, 0.25) is 0 Å². The number of nitrogens with zero attached hydrogens (tertiary/aromatic N) is 2. The number of aromatic nitrogens is 2. The summed E-state index contributed by atoms with van der Waals surface area (Å²) in [5.41, 5.74) is 2.22. The molecule has 162 valence electrons. The Hall–Kier alpha value is -4.00. The molecule has 2 heterocycles. The van der Waals surface area contributed by atoms with E-state index in [1.165, 1.54) is 12.3 Å². The average molecular weight is 431 g/mol. The molecule has 1 unspecified atom stereocenters. The second kappa shape index (κ2) is 9.43. The molecule has 7 heteroatoms. The Balaban J connectivity index is 1.69. The van der Waals surface area contributed by atoms with Crippen LogP contribution in [0.3, 0.4) is 0 Å². The van der Waals surface area contributed by atoms with Gasteiger partial charge in [0.05, 0.1) is 17.6 Å². The van der Waals surface area contributed by atoms with Crippen LogP contribution in [-0.2, 0) is 17.6 Å².